The highest BCUT2D eigenvalue weighted by Gasteiger charge is 2.20. The average Bonchev–Trinajstić information content (AvgIpc) is 2.87. The lowest BCUT2D eigenvalue weighted by molar-refractivity contribution is 0.0474. The van der Waals surface area contributed by atoms with Gasteiger partial charge in [0.1, 0.15) is 0 Å². The Morgan fingerprint density at radius 3 is 2.41 bits per heavy atom. The second-order valence-corrected chi connectivity index (χ2v) is 8.77. The Labute approximate surface area is 164 Å². The first kappa shape index (κ1) is 21.2. The zero-order valence-electron chi connectivity index (χ0n) is 15.7. The van der Waals surface area contributed by atoms with Crippen LogP contribution in [0.5, 0.6) is 0 Å². The number of nitrogens with zero attached hydrogens (tertiary/aromatic N) is 1. The van der Waals surface area contributed by atoms with Crippen LogP contribution in [0.4, 0.5) is 0 Å². The lowest BCUT2D eigenvalue weighted by Gasteiger charge is -2.09. The van der Waals surface area contributed by atoms with Crippen LogP contribution in [-0.2, 0) is 21.1 Å². The number of carbonyl (C=O) groups is 2. The standard InChI is InChI=1S/C19H22ClNO5S/c1-5-8-21-12(2)9-15(13(21)3)18(22)11-26-19(23)16-10-14(27(4,24)25)6-7-17(16)20/h6-7,9-10H,5,8,11H2,1-4H3. The number of sulfone groups is 1. The lowest BCUT2D eigenvalue weighted by Crippen LogP contribution is -2.16. The first-order valence-corrected chi connectivity index (χ1v) is 10.7. The summed E-state index contributed by atoms with van der Waals surface area (Å²) < 4.78 is 30.4. The second-order valence-electron chi connectivity index (χ2n) is 6.35. The SMILES string of the molecule is CCCn1c(C)cc(C(=O)COC(=O)c2cc(S(C)(=O)=O)ccc2Cl)c1C. The van der Waals surface area contributed by atoms with Crippen molar-refractivity contribution in [3.8, 4) is 0 Å². The normalized spacial score (nSPS) is 11.4. The van der Waals surface area contributed by atoms with Crippen LogP contribution < -0.4 is 0 Å². The molecule has 0 radical (unpaired) electrons. The summed E-state index contributed by atoms with van der Waals surface area (Å²) in [4.78, 5) is 24.7. The maximum absolute atomic E-state index is 12.5. The quantitative estimate of drug-likeness (QED) is 0.513. The van der Waals surface area contributed by atoms with Crippen molar-refractivity contribution in [1.29, 1.82) is 0 Å². The number of rotatable bonds is 7. The van der Waals surface area contributed by atoms with Crippen molar-refractivity contribution in [2.45, 2.75) is 38.6 Å². The molecule has 1 aromatic carbocycles. The molecule has 0 amide bonds. The van der Waals surface area contributed by atoms with Gasteiger partial charge in [-0.2, -0.15) is 0 Å². The first-order chi connectivity index (χ1) is 12.6. The number of halogens is 1. The average molecular weight is 412 g/mol. The van der Waals surface area contributed by atoms with E-state index in [4.69, 9.17) is 16.3 Å². The smallest absolute Gasteiger partial charge is 0.340 e. The number of benzene rings is 1. The van der Waals surface area contributed by atoms with Crippen molar-refractivity contribution in [3.05, 3.63) is 51.8 Å². The molecule has 2 aromatic rings. The van der Waals surface area contributed by atoms with Gasteiger partial charge in [0.25, 0.3) is 0 Å². The van der Waals surface area contributed by atoms with Crippen molar-refractivity contribution in [2.24, 2.45) is 0 Å². The van der Waals surface area contributed by atoms with Gasteiger partial charge in [0, 0.05) is 29.8 Å². The van der Waals surface area contributed by atoms with Crippen molar-refractivity contribution in [3.63, 3.8) is 0 Å². The van der Waals surface area contributed by atoms with E-state index < -0.39 is 22.4 Å². The molecule has 0 unspecified atom stereocenters. The molecule has 0 bridgehead atoms. The van der Waals surface area contributed by atoms with E-state index in [0.717, 1.165) is 36.7 Å². The molecule has 8 heteroatoms. The summed E-state index contributed by atoms with van der Waals surface area (Å²) in [7, 11) is -3.50. The van der Waals surface area contributed by atoms with E-state index in [1.165, 1.54) is 12.1 Å². The zero-order chi connectivity index (χ0) is 20.4. The summed E-state index contributed by atoms with van der Waals surface area (Å²) in [6.45, 7) is 6.18. The lowest BCUT2D eigenvalue weighted by atomic mass is 10.1. The summed E-state index contributed by atoms with van der Waals surface area (Å²) in [5.41, 5.74) is 2.20. The number of ketones is 1. The third kappa shape index (κ3) is 4.78. The molecule has 1 aromatic heterocycles. The molecule has 0 saturated heterocycles. The number of aryl methyl sites for hydroxylation is 1. The summed E-state index contributed by atoms with van der Waals surface area (Å²) >= 11 is 5.97. The van der Waals surface area contributed by atoms with Gasteiger partial charge in [0.05, 0.1) is 15.5 Å². The van der Waals surface area contributed by atoms with Gasteiger partial charge < -0.3 is 9.30 Å². The Morgan fingerprint density at radius 2 is 1.81 bits per heavy atom. The molecule has 27 heavy (non-hydrogen) atoms. The second kappa shape index (κ2) is 8.27. The van der Waals surface area contributed by atoms with Crippen molar-refractivity contribution < 1.29 is 22.7 Å². The fourth-order valence-corrected chi connectivity index (χ4v) is 3.67. The number of carbonyl (C=O) groups excluding carboxylic acids is 2. The molecule has 0 aliphatic rings. The first-order valence-electron chi connectivity index (χ1n) is 8.43. The predicted octanol–water partition coefficient (Wildman–Crippen LogP) is 3.61. The zero-order valence-corrected chi connectivity index (χ0v) is 17.3. The van der Waals surface area contributed by atoms with Gasteiger partial charge in [-0.1, -0.05) is 18.5 Å². The predicted molar refractivity (Wildman–Crippen MR) is 103 cm³/mol. The van der Waals surface area contributed by atoms with Gasteiger partial charge in [-0.25, -0.2) is 13.2 Å². The van der Waals surface area contributed by atoms with E-state index >= 15 is 0 Å². The number of hydrogen-bond acceptors (Lipinski definition) is 5. The molecular formula is C19H22ClNO5S. The molecule has 0 aliphatic carbocycles. The van der Waals surface area contributed by atoms with Crippen LogP contribution in [0.3, 0.4) is 0 Å². The van der Waals surface area contributed by atoms with E-state index in [2.05, 4.69) is 6.92 Å². The van der Waals surface area contributed by atoms with Gasteiger partial charge in [0.2, 0.25) is 5.78 Å². The summed E-state index contributed by atoms with van der Waals surface area (Å²) in [6, 6.07) is 5.55. The molecular weight excluding hydrogens is 390 g/mol. The van der Waals surface area contributed by atoms with E-state index in [1.807, 2.05) is 18.4 Å². The maximum Gasteiger partial charge on any atom is 0.340 e. The molecule has 2 rings (SSSR count). The molecule has 1 heterocycles. The van der Waals surface area contributed by atoms with Crippen LogP contribution >= 0.6 is 11.6 Å². The third-order valence-electron chi connectivity index (χ3n) is 4.24. The van der Waals surface area contributed by atoms with Crippen LogP contribution in [0.1, 0.15) is 45.4 Å². The molecule has 6 nitrogen and oxygen atoms in total. The van der Waals surface area contributed by atoms with E-state index in [1.54, 1.807) is 6.07 Å². The fraction of sp³-hybridized carbons (Fsp3) is 0.368. The molecule has 0 aliphatic heterocycles. The van der Waals surface area contributed by atoms with E-state index in [-0.39, 0.29) is 21.3 Å². The van der Waals surface area contributed by atoms with E-state index in [9.17, 15) is 18.0 Å². The summed E-state index contributed by atoms with van der Waals surface area (Å²) in [5, 5.41) is 0.0565. The Morgan fingerprint density at radius 1 is 1.15 bits per heavy atom. The fourth-order valence-electron chi connectivity index (χ4n) is 2.83. The number of esters is 1. The van der Waals surface area contributed by atoms with Gasteiger partial charge in [0.15, 0.2) is 16.4 Å². The topological polar surface area (TPSA) is 82.4 Å². The van der Waals surface area contributed by atoms with Gasteiger partial charge in [-0.15, -0.1) is 0 Å². The molecule has 0 saturated carbocycles. The van der Waals surface area contributed by atoms with Gasteiger partial charge in [-0.3, -0.25) is 4.79 Å². The Bertz CT molecular complexity index is 992. The van der Waals surface area contributed by atoms with Crippen molar-refractivity contribution >= 4 is 33.2 Å². The number of ether oxygens (including phenoxy) is 1. The molecule has 0 spiro atoms. The highest BCUT2D eigenvalue weighted by molar-refractivity contribution is 7.90. The highest BCUT2D eigenvalue weighted by atomic mass is 35.5. The molecule has 0 atom stereocenters. The monoisotopic (exact) mass is 411 g/mol. The molecule has 0 N–H and O–H groups in total. The molecule has 146 valence electrons. The Balaban J connectivity index is 2.17. The minimum Gasteiger partial charge on any atom is -0.454 e. The summed E-state index contributed by atoms with van der Waals surface area (Å²) in [6.07, 6.45) is 1.97. The largest absolute Gasteiger partial charge is 0.454 e. The minimum atomic E-state index is -3.50. The van der Waals surface area contributed by atoms with Crippen molar-refractivity contribution in [2.75, 3.05) is 12.9 Å². The third-order valence-corrected chi connectivity index (χ3v) is 5.68. The number of hydrogen-bond donors (Lipinski definition) is 0. The van der Waals surface area contributed by atoms with Crippen LogP contribution in [0.25, 0.3) is 0 Å². The maximum atomic E-state index is 12.5. The number of Topliss-reactive ketones (excluding diaryl/α,β-unsaturated/α-hetero) is 1. The number of aromatic nitrogens is 1. The van der Waals surface area contributed by atoms with Gasteiger partial charge >= 0.3 is 5.97 Å². The van der Waals surface area contributed by atoms with Crippen LogP contribution in [0, 0.1) is 13.8 Å². The van der Waals surface area contributed by atoms with E-state index in [0.29, 0.717) is 5.56 Å². The van der Waals surface area contributed by atoms with Gasteiger partial charge in [-0.05, 0) is 44.5 Å². The van der Waals surface area contributed by atoms with Crippen molar-refractivity contribution in [1.82, 2.24) is 4.57 Å². The highest BCUT2D eigenvalue weighted by Crippen LogP contribution is 2.22. The van der Waals surface area contributed by atoms with Crippen LogP contribution in [0.15, 0.2) is 29.2 Å². The molecule has 0 fully saturated rings. The summed E-state index contributed by atoms with van der Waals surface area (Å²) in [5.74, 6) is -1.17. The van der Waals surface area contributed by atoms with Crippen LogP contribution in [0.2, 0.25) is 5.02 Å². The van der Waals surface area contributed by atoms with Crippen LogP contribution in [-0.4, -0.2) is 37.6 Å². The minimum absolute atomic E-state index is 0.0479. The Kier molecular flexibility index (Phi) is 6.49. The Hall–Kier alpha value is -2.12.